The minimum atomic E-state index is -0.0858. The SMILES string of the molecule is Cc1sc2nc(CCc3nc(-c4ccccc4)no3)[nH]c(=O)c2c1C. The van der Waals surface area contributed by atoms with Crippen molar-refractivity contribution in [1.82, 2.24) is 20.1 Å². The summed E-state index contributed by atoms with van der Waals surface area (Å²) in [4.78, 5) is 26.0. The molecule has 0 fully saturated rings. The van der Waals surface area contributed by atoms with Gasteiger partial charge in [-0.05, 0) is 19.4 Å². The molecule has 0 aliphatic carbocycles. The maximum atomic E-state index is 12.3. The Labute approximate surface area is 147 Å². The molecule has 4 aromatic rings. The Morgan fingerprint density at radius 2 is 1.92 bits per heavy atom. The Bertz CT molecular complexity index is 1100. The van der Waals surface area contributed by atoms with E-state index in [1.54, 1.807) is 11.3 Å². The predicted molar refractivity (Wildman–Crippen MR) is 96.9 cm³/mol. The summed E-state index contributed by atoms with van der Waals surface area (Å²) in [6, 6.07) is 9.67. The molecule has 7 heteroatoms. The van der Waals surface area contributed by atoms with Gasteiger partial charge in [0, 0.05) is 23.3 Å². The normalized spacial score (nSPS) is 11.3. The summed E-state index contributed by atoms with van der Waals surface area (Å²) in [5.41, 5.74) is 1.83. The van der Waals surface area contributed by atoms with Crippen molar-refractivity contribution in [2.75, 3.05) is 0 Å². The van der Waals surface area contributed by atoms with E-state index in [-0.39, 0.29) is 5.56 Å². The minimum Gasteiger partial charge on any atom is -0.339 e. The van der Waals surface area contributed by atoms with Gasteiger partial charge in [-0.2, -0.15) is 4.98 Å². The summed E-state index contributed by atoms with van der Waals surface area (Å²) in [6.45, 7) is 3.96. The quantitative estimate of drug-likeness (QED) is 0.608. The van der Waals surface area contributed by atoms with Crippen molar-refractivity contribution in [3.8, 4) is 11.4 Å². The van der Waals surface area contributed by atoms with Crippen LogP contribution in [0.15, 0.2) is 39.6 Å². The molecule has 1 aromatic carbocycles. The first-order valence-corrected chi connectivity index (χ1v) is 8.80. The summed E-state index contributed by atoms with van der Waals surface area (Å²) in [7, 11) is 0. The monoisotopic (exact) mass is 352 g/mol. The summed E-state index contributed by atoms with van der Waals surface area (Å²) in [5, 5.41) is 4.69. The van der Waals surface area contributed by atoms with Gasteiger partial charge in [0.1, 0.15) is 10.7 Å². The highest BCUT2D eigenvalue weighted by atomic mass is 32.1. The van der Waals surface area contributed by atoms with Crippen molar-refractivity contribution >= 4 is 21.6 Å². The second kappa shape index (κ2) is 6.25. The van der Waals surface area contributed by atoms with Crippen LogP contribution in [0.1, 0.15) is 22.2 Å². The van der Waals surface area contributed by atoms with E-state index in [1.165, 1.54) is 0 Å². The van der Waals surface area contributed by atoms with Crippen molar-refractivity contribution in [1.29, 1.82) is 0 Å². The zero-order chi connectivity index (χ0) is 17.4. The molecule has 0 saturated heterocycles. The molecule has 0 spiro atoms. The van der Waals surface area contributed by atoms with Crippen LogP contribution >= 0.6 is 11.3 Å². The number of hydrogen-bond acceptors (Lipinski definition) is 6. The van der Waals surface area contributed by atoms with Crippen LogP contribution in [0.5, 0.6) is 0 Å². The molecule has 6 nitrogen and oxygen atoms in total. The molecular weight excluding hydrogens is 336 g/mol. The smallest absolute Gasteiger partial charge is 0.259 e. The summed E-state index contributed by atoms with van der Waals surface area (Å²) >= 11 is 1.55. The highest BCUT2D eigenvalue weighted by molar-refractivity contribution is 7.18. The van der Waals surface area contributed by atoms with Crippen LogP contribution in [0.2, 0.25) is 0 Å². The molecular formula is C18H16N4O2S. The van der Waals surface area contributed by atoms with E-state index < -0.39 is 0 Å². The average Bonchev–Trinajstić information content (AvgIpc) is 3.19. The molecule has 0 aliphatic rings. The van der Waals surface area contributed by atoms with Gasteiger partial charge >= 0.3 is 0 Å². The molecule has 3 heterocycles. The fraction of sp³-hybridized carbons (Fsp3) is 0.222. The van der Waals surface area contributed by atoms with Crippen molar-refractivity contribution in [3.05, 3.63) is 62.8 Å². The predicted octanol–water partition coefficient (Wildman–Crippen LogP) is 3.44. The van der Waals surface area contributed by atoms with Crippen LogP contribution in [0.4, 0.5) is 0 Å². The summed E-state index contributed by atoms with van der Waals surface area (Å²) in [5.74, 6) is 1.73. The van der Waals surface area contributed by atoms with Gasteiger partial charge in [-0.1, -0.05) is 35.5 Å². The van der Waals surface area contributed by atoms with Crippen molar-refractivity contribution < 1.29 is 4.52 Å². The van der Waals surface area contributed by atoms with Crippen molar-refractivity contribution in [2.45, 2.75) is 26.7 Å². The number of aromatic amines is 1. The lowest BCUT2D eigenvalue weighted by atomic mass is 10.2. The van der Waals surface area contributed by atoms with E-state index in [1.807, 2.05) is 44.2 Å². The first kappa shape index (κ1) is 15.7. The number of aromatic nitrogens is 4. The third kappa shape index (κ3) is 2.98. The molecule has 1 N–H and O–H groups in total. The molecule has 0 bridgehead atoms. The van der Waals surface area contributed by atoms with Gasteiger partial charge in [0.25, 0.3) is 5.56 Å². The number of rotatable bonds is 4. The van der Waals surface area contributed by atoms with Crippen LogP contribution in [-0.4, -0.2) is 20.1 Å². The number of H-pyrrole nitrogens is 1. The van der Waals surface area contributed by atoms with Crippen LogP contribution in [-0.2, 0) is 12.8 Å². The van der Waals surface area contributed by atoms with Crippen LogP contribution in [0.3, 0.4) is 0 Å². The molecule has 0 radical (unpaired) electrons. The van der Waals surface area contributed by atoms with Crippen molar-refractivity contribution in [2.24, 2.45) is 0 Å². The number of hydrogen-bond donors (Lipinski definition) is 1. The molecule has 0 amide bonds. The third-order valence-electron chi connectivity index (χ3n) is 4.16. The zero-order valence-corrected chi connectivity index (χ0v) is 14.7. The van der Waals surface area contributed by atoms with Crippen LogP contribution < -0.4 is 5.56 Å². The fourth-order valence-corrected chi connectivity index (χ4v) is 3.75. The fourth-order valence-electron chi connectivity index (χ4n) is 2.70. The maximum absolute atomic E-state index is 12.3. The van der Waals surface area contributed by atoms with E-state index in [0.29, 0.717) is 35.8 Å². The second-order valence-corrected chi connectivity index (χ2v) is 7.06. The Hall–Kier alpha value is -2.80. The molecule has 25 heavy (non-hydrogen) atoms. The number of thiophene rings is 1. The van der Waals surface area contributed by atoms with Crippen molar-refractivity contribution in [3.63, 3.8) is 0 Å². The Morgan fingerprint density at radius 3 is 2.72 bits per heavy atom. The number of aryl methyl sites for hydroxylation is 4. The maximum Gasteiger partial charge on any atom is 0.259 e. The number of nitrogens with one attached hydrogen (secondary N) is 1. The lowest BCUT2D eigenvalue weighted by Gasteiger charge is -1.98. The Kier molecular flexibility index (Phi) is 3.93. The number of nitrogens with zero attached hydrogens (tertiary/aromatic N) is 3. The van der Waals surface area contributed by atoms with Crippen LogP contribution in [0.25, 0.3) is 21.6 Å². The van der Waals surface area contributed by atoms with E-state index in [9.17, 15) is 4.79 Å². The van der Waals surface area contributed by atoms with Gasteiger partial charge in [-0.3, -0.25) is 4.79 Å². The van der Waals surface area contributed by atoms with E-state index in [0.717, 1.165) is 20.8 Å². The van der Waals surface area contributed by atoms with Gasteiger partial charge in [0.2, 0.25) is 11.7 Å². The molecule has 126 valence electrons. The lowest BCUT2D eigenvalue weighted by Crippen LogP contribution is -2.12. The van der Waals surface area contributed by atoms with Crippen LogP contribution in [0, 0.1) is 13.8 Å². The van der Waals surface area contributed by atoms with E-state index >= 15 is 0 Å². The molecule has 0 atom stereocenters. The first-order valence-electron chi connectivity index (χ1n) is 7.98. The van der Waals surface area contributed by atoms with Gasteiger partial charge in [0.05, 0.1) is 5.39 Å². The minimum absolute atomic E-state index is 0.0858. The number of benzene rings is 1. The largest absolute Gasteiger partial charge is 0.339 e. The topological polar surface area (TPSA) is 84.7 Å². The average molecular weight is 352 g/mol. The Balaban J connectivity index is 1.55. The van der Waals surface area contributed by atoms with Gasteiger partial charge in [0.15, 0.2) is 0 Å². The molecule has 4 rings (SSSR count). The summed E-state index contributed by atoms with van der Waals surface area (Å²) < 4.78 is 5.30. The lowest BCUT2D eigenvalue weighted by molar-refractivity contribution is 0.378. The summed E-state index contributed by atoms with van der Waals surface area (Å²) in [6.07, 6.45) is 1.06. The first-order chi connectivity index (χ1) is 12.1. The third-order valence-corrected chi connectivity index (χ3v) is 5.26. The highest BCUT2D eigenvalue weighted by Crippen LogP contribution is 2.25. The molecule has 3 aromatic heterocycles. The van der Waals surface area contributed by atoms with Gasteiger partial charge < -0.3 is 9.51 Å². The number of fused-ring (bicyclic) bond motifs is 1. The van der Waals surface area contributed by atoms with E-state index in [2.05, 4.69) is 20.1 Å². The zero-order valence-electron chi connectivity index (χ0n) is 13.9. The Morgan fingerprint density at radius 1 is 1.12 bits per heavy atom. The van der Waals surface area contributed by atoms with Gasteiger partial charge in [-0.25, -0.2) is 4.98 Å². The van der Waals surface area contributed by atoms with E-state index in [4.69, 9.17) is 4.52 Å². The molecule has 0 saturated carbocycles. The molecule has 0 aliphatic heterocycles. The van der Waals surface area contributed by atoms with Gasteiger partial charge in [-0.15, -0.1) is 11.3 Å². The standard InChI is InChI=1S/C18H16N4O2S/c1-10-11(2)25-18-15(10)17(23)19-13(20-18)8-9-14-21-16(22-24-14)12-6-4-3-5-7-12/h3-7H,8-9H2,1-2H3,(H,19,20,23). The molecule has 0 unspecified atom stereocenters. The highest BCUT2D eigenvalue weighted by Gasteiger charge is 2.13. The second-order valence-electron chi connectivity index (χ2n) is 5.85.